The van der Waals surface area contributed by atoms with Gasteiger partial charge in [-0.3, -0.25) is 14.5 Å². The van der Waals surface area contributed by atoms with E-state index < -0.39 is 0 Å². The Bertz CT molecular complexity index is 971. The fourth-order valence-corrected chi connectivity index (χ4v) is 2.55. The molecule has 0 spiro atoms. The Balaban J connectivity index is 1.55. The van der Waals surface area contributed by atoms with E-state index in [0.717, 1.165) is 23.6 Å². The van der Waals surface area contributed by atoms with E-state index in [1.165, 1.54) is 6.20 Å². The monoisotopic (exact) mass is 375 g/mol. The molecule has 28 heavy (non-hydrogen) atoms. The third-order valence-electron chi connectivity index (χ3n) is 4.23. The Hall–Kier alpha value is -3.73. The van der Waals surface area contributed by atoms with E-state index >= 15 is 0 Å². The van der Waals surface area contributed by atoms with Crippen molar-refractivity contribution in [1.82, 2.24) is 19.7 Å². The molecule has 3 heterocycles. The van der Waals surface area contributed by atoms with Gasteiger partial charge in [0.2, 0.25) is 5.91 Å². The summed E-state index contributed by atoms with van der Waals surface area (Å²) in [4.78, 5) is 22.9. The Morgan fingerprint density at radius 3 is 2.71 bits per heavy atom. The summed E-state index contributed by atoms with van der Waals surface area (Å²) in [6, 6.07) is 11.1. The van der Waals surface area contributed by atoms with Gasteiger partial charge in [-0.25, -0.2) is 4.98 Å². The van der Waals surface area contributed by atoms with Gasteiger partial charge >= 0.3 is 0 Å². The number of amides is 1. The largest absolute Gasteiger partial charge is 0.360 e. The highest BCUT2D eigenvalue weighted by molar-refractivity contribution is 5.91. The van der Waals surface area contributed by atoms with Gasteiger partial charge in [-0.15, -0.1) is 0 Å². The zero-order valence-corrected chi connectivity index (χ0v) is 15.8. The van der Waals surface area contributed by atoms with E-state index in [0.29, 0.717) is 17.9 Å². The number of carbonyl (C=O) groups excluding carboxylic acids is 1. The van der Waals surface area contributed by atoms with Crippen LogP contribution in [0.2, 0.25) is 0 Å². The van der Waals surface area contributed by atoms with Crippen LogP contribution in [0.5, 0.6) is 0 Å². The molecule has 3 aromatic heterocycles. The maximum absolute atomic E-state index is 12.3. The molecule has 0 fully saturated rings. The van der Waals surface area contributed by atoms with Crippen LogP contribution in [0, 0.1) is 11.3 Å². The Kier molecular flexibility index (Phi) is 5.97. The highest BCUT2D eigenvalue weighted by atomic mass is 16.1. The minimum Gasteiger partial charge on any atom is -0.360 e. The van der Waals surface area contributed by atoms with E-state index in [2.05, 4.69) is 27.3 Å². The quantitative estimate of drug-likeness (QED) is 0.680. The lowest BCUT2D eigenvalue weighted by Crippen LogP contribution is -2.18. The smallest absolute Gasteiger partial charge is 0.230 e. The summed E-state index contributed by atoms with van der Waals surface area (Å²) in [6.45, 7) is 3.38. The van der Waals surface area contributed by atoms with Crippen LogP contribution in [0.4, 0.5) is 11.6 Å². The van der Waals surface area contributed by atoms with E-state index in [1.54, 1.807) is 35.3 Å². The number of nitriles is 1. The average molecular weight is 375 g/mol. The normalized spacial score (nSPS) is 10.3. The fourth-order valence-electron chi connectivity index (χ4n) is 2.55. The van der Waals surface area contributed by atoms with Crippen LogP contribution >= 0.6 is 0 Å². The van der Waals surface area contributed by atoms with Gasteiger partial charge in [0, 0.05) is 38.2 Å². The SMILES string of the molecule is CCN(C)c1ccc(CC(=O)Nc2ccn(Cc3ccc(C#N)cn3)n2)cn1. The van der Waals surface area contributed by atoms with Gasteiger partial charge < -0.3 is 10.2 Å². The molecular weight excluding hydrogens is 354 g/mol. The van der Waals surface area contributed by atoms with Crippen LogP contribution in [-0.2, 0) is 17.8 Å². The van der Waals surface area contributed by atoms with E-state index in [1.807, 2.05) is 30.1 Å². The van der Waals surface area contributed by atoms with Gasteiger partial charge in [-0.2, -0.15) is 10.4 Å². The number of anilines is 2. The second-order valence-electron chi connectivity index (χ2n) is 6.31. The first-order valence-corrected chi connectivity index (χ1v) is 8.91. The molecular formula is C20H21N7O. The van der Waals surface area contributed by atoms with Crippen LogP contribution < -0.4 is 10.2 Å². The van der Waals surface area contributed by atoms with Crippen molar-refractivity contribution < 1.29 is 4.79 Å². The third-order valence-corrected chi connectivity index (χ3v) is 4.23. The maximum atomic E-state index is 12.3. The molecule has 8 nitrogen and oxygen atoms in total. The molecule has 0 aliphatic rings. The number of aromatic nitrogens is 4. The zero-order valence-electron chi connectivity index (χ0n) is 15.8. The lowest BCUT2D eigenvalue weighted by Gasteiger charge is -2.15. The summed E-state index contributed by atoms with van der Waals surface area (Å²) in [6.07, 6.45) is 5.24. The van der Waals surface area contributed by atoms with Crippen LogP contribution in [0.25, 0.3) is 0 Å². The van der Waals surface area contributed by atoms with Gasteiger partial charge in [-0.1, -0.05) is 6.07 Å². The summed E-state index contributed by atoms with van der Waals surface area (Å²) in [5.74, 6) is 1.20. The minimum absolute atomic E-state index is 0.153. The number of nitrogens with zero attached hydrogens (tertiary/aromatic N) is 6. The van der Waals surface area contributed by atoms with Gasteiger partial charge in [-0.05, 0) is 30.7 Å². The number of hydrogen-bond acceptors (Lipinski definition) is 6. The second kappa shape index (κ2) is 8.77. The summed E-state index contributed by atoms with van der Waals surface area (Å²) < 4.78 is 1.68. The van der Waals surface area contributed by atoms with Crippen LogP contribution in [0.15, 0.2) is 48.9 Å². The molecule has 0 aromatic carbocycles. The molecule has 142 valence electrons. The number of rotatable bonds is 7. The van der Waals surface area contributed by atoms with Gasteiger partial charge in [0.1, 0.15) is 11.9 Å². The molecule has 0 atom stereocenters. The van der Waals surface area contributed by atoms with Crippen LogP contribution in [0.1, 0.15) is 23.7 Å². The molecule has 0 bridgehead atoms. The zero-order chi connectivity index (χ0) is 19.9. The highest BCUT2D eigenvalue weighted by Crippen LogP contribution is 2.11. The molecule has 0 unspecified atom stereocenters. The first-order chi connectivity index (χ1) is 13.6. The molecule has 3 rings (SSSR count). The summed E-state index contributed by atoms with van der Waals surface area (Å²) >= 11 is 0. The summed E-state index contributed by atoms with van der Waals surface area (Å²) in [7, 11) is 1.97. The first kappa shape index (κ1) is 19.0. The van der Waals surface area contributed by atoms with Crippen molar-refractivity contribution in [2.75, 3.05) is 23.8 Å². The van der Waals surface area contributed by atoms with E-state index in [9.17, 15) is 4.79 Å². The Morgan fingerprint density at radius 1 is 1.21 bits per heavy atom. The molecule has 1 amide bonds. The standard InChI is InChI=1S/C20H21N7O/c1-3-26(2)19-7-5-15(12-23-19)10-20(28)24-18-8-9-27(25-18)14-17-6-4-16(11-21)13-22-17/h4-9,12-13H,3,10,14H2,1-2H3,(H,24,25,28). The van der Waals surface area contributed by atoms with E-state index in [-0.39, 0.29) is 12.3 Å². The molecule has 3 aromatic rings. The predicted octanol–water partition coefficient (Wildman–Crippen LogP) is 2.23. The van der Waals surface area contributed by atoms with E-state index in [4.69, 9.17) is 5.26 Å². The lowest BCUT2D eigenvalue weighted by atomic mass is 10.2. The van der Waals surface area contributed by atoms with Crippen molar-refractivity contribution >= 4 is 17.5 Å². The minimum atomic E-state index is -0.153. The molecule has 1 N–H and O–H groups in total. The van der Waals surface area contributed by atoms with Crippen molar-refractivity contribution in [1.29, 1.82) is 5.26 Å². The lowest BCUT2D eigenvalue weighted by molar-refractivity contribution is -0.115. The summed E-state index contributed by atoms with van der Waals surface area (Å²) in [5.41, 5.74) is 2.14. The molecule has 8 heteroatoms. The second-order valence-corrected chi connectivity index (χ2v) is 6.31. The van der Waals surface area contributed by atoms with Crippen LogP contribution in [0.3, 0.4) is 0 Å². The molecule has 0 saturated carbocycles. The third kappa shape index (κ3) is 4.92. The highest BCUT2D eigenvalue weighted by Gasteiger charge is 2.08. The van der Waals surface area contributed by atoms with Crippen molar-refractivity contribution in [2.24, 2.45) is 0 Å². The topological polar surface area (TPSA) is 99.7 Å². The Morgan fingerprint density at radius 2 is 2.07 bits per heavy atom. The van der Waals surface area contributed by atoms with Gasteiger partial charge in [0.25, 0.3) is 0 Å². The number of pyridine rings is 2. The number of hydrogen-bond donors (Lipinski definition) is 1. The van der Waals surface area contributed by atoms with Gasteiger partial charge in [0.15, 0.2) is 5.82 Å². The fraction of sp³-hybridized carbons (Fsp3) is 0.250. The predicted molar refractivity (Wildman–Crippen MR) is 106 cm³/mol. The Labute approximate surface area is 163 Å². The molecule has 0 aliphatic carbocycles. The molecule has 0 saturated heterocycles. The number of nitrogens with one attached hydrogen (secondary N) is 1. The average Bonchev–Trinajstić information content (AvgIpc) is 3.15. The molecule has 0 aliphatic heterocycles. The molecule has 0 radical (unpaired) electrons. The van der Waals surface area contributed by atoms with Crippen molar-refractivity contribution in [3.8, 4) is 6.07 Å². The van der Waals surface area contributed by atoms with Crippen molar-refractivity contribution in [3.05, 3.63) is 65.7 Å². The number of carbonyl (C=O) groups is 1. The van der Waals surface area contributed by atoms with Gasteiger partial charge in [0.05, 0.1) is 24.2 Å². The maximum Gasteiger partial charge on any atom is 0.230 e. The van der Waals surface area contributed by atoms with Crippen molar-refractivity contribution in [2.45, 2.75) is 19.9 Å². The first-order valence-electron chi connectivity index (χ1n) is 8.91. The van der Waals surface area contributed by atoms with Crippen LogP contribution in [-0.4, -0.2) is 39.2 Å². The van der Waals surface area contributed by atoms with Crippen molar-refractivity contribution in [3.63, 3.8) is 0 Å². The summed E-state index contributed by atoms with van der Waals surface area (Å²) in [5, 5.41) is 15.9.